The van der Waals surface area contributed by atoms with Crippen LogP contribution in [0.25, 0.3) is 0 Å². The third-order valence-corrected chi connectivity index (χ3v) is 4.58. The normalized spacial score (nSPS) is 14.7. The number of aryl methyl sites for hydroxylation is 1. The highest BCUT2D eigenvalue weighted by molar-refractivity contribution is 5.97. The number of anilines is 1. The summed E-state index contributed by atoms with van der Waals surface area (Å²) in [5.74, 6) is -0.294. The van der Waals surface area contributed by atoms with E-state index < -0.39 is 17.8 Å². The van der Waals surface area contributed by atoms with Gasteiger partial charge in [-0.25, -0.2) is 0 Å². The van der Waals surface area contributed by atoms with E-state index in [1.54, 1.807) is 0 Å². The number of phenolic OH excluding ortho intramolecular Hbond substituents is 1. The lowest BCUT2D eigenvalue weighted by Gasteiger charge is -2.23. The molecule has 1 aliphatic heterocycles. The Balaban J connectivity index is 1.48. The Morgan fingerprint density at radius 2 is 1.90 bits per heavy atom. The zero-order chi connectivity index (χ0) is 21.0. The molecule has 9 heteroatoms. The molecule has 0 bridgehead atoms. The van der Waals surface area contributed by atoms with Crippen molar-refractivity contribution in [3.8, 4) is 11.5 Å². The molecule has 2 aromatic rings. The average molecular weight is 410 g/mol. The molecule has 0 spiro atoms. The highest BCUT2D eigenvalue weighted by atomic mass is 19.4. The number of ether oxygens (including phenoxy) is 1. The van der Waals surface area contributed by atoms with Gasteiger partial charge in [0.15, 0.2) is 12.4 Å². The summed E-state index contributed by atoms with van der Waals surface area (Å²) < 4.78 is 43.0. The van der Waals surface area contributed by atoms with E-state index in [-0.39, 0.29) is 36.2 Å². The minimum atomic E-state index is -4.34. The van der Waals surface area contributed by atoms with Crippen molar-refractivity contribution < 1.29 is 32.9 Å². The Morgan fingerprint density at radius 3 is 2.59 bits per heavy atom. The number of carbonyl (C=O) groups excluding carboxylic acids is 1. The van der Waals surface area contributed by atoms with Crippen molar-refractivity contribution >= 4 is 11.6 Å². The number of hydrogen-bond acceptors (Lipinski definition) is 5. The topological polar surface area (TPSA) is 90.8 Å². The molecule has 2 aromatic carbocycles. The van der Waals surface area contributed by atoms with E-state index in [4.69, 9.17) is 4.74 Å². The second-order valence-corrected chi connectivity index (χ2v) is 6.73. The molecule has 0 saturated heterocycles. The van der Waals surface area contributed by atoms with Gasteiger partial charge in [-0.3, -0.25) is 4.79 Å². The zero-order valence-corrected chi connectivity index (χ0v) is 15.4. The van der Waals surface area contributed by atoms with Crippen LogP contribution >= 0.6 is 0 Å². The van der Waals surface area contributed by atoms with Crippen molar-refractivity contribution in [2.75, 3.05) is 25.0 Å². The van der Waals surface area contributed by atoms with Crippen LogP contribution in [0.5, 0.6) is 11.5 Å². The molecule has 4 N–H and O–H groups in total. The number of rotatable bonds is 7. The number of carbonyl (C=O) groups is 1. The van der Waals surface area contributed by atoms with Gasteiger partial charge in [0.05, 0.1) is 11.7 Å². The summed E-state index contributed by atoms with van der Waals surface area (Å²) in [5, 5.41) is 25.9. The maximum Gasteiger partial charge on any atom is 0.416 e. The van der Waals surface area contributed by atoms with Crippen LogP contribution in [-0.4, -0.2) is 35.8 Å². The summed E-state index contributed by atoms with van der Waals surface area (Å²) in [4.78, 5) is 11.4. The van der Waals surface area contributed by atoms with E-state index in [2.05, 4.69) is 10.6 Å². The predicted octanol–water partition coefficient (Wildman–Crippen LogP) is 3.00. The van der Waals surface area contributed by atoms with Gasteiger partial charge in [0.1, 0.15) is 11.4 Å². The van der Waals surface area contributed by atoms with Gasteiger partial charge in [-0.1, -0.05) is 12.1 Å². The first-order chi connectivity index (χ1) is 13.8. The lowest BCUT2D eigenvalue weighted by Crippen LogP contribution is -2.28. The highest BCUT2D eigenvalue weighted by Crippen LogP contribution is 2.41. The summed E-state index contributed by atoms with van der Waals surface area (Å²) >= 11 is 0. The molecule has 1 atom stereocenters. The van der Waals surface area contributed by atoms with Crippen molar-refractivity contribution in [1.29, 1.82) is 0 Å². The molecule has 29 heavy (non-hydrogen) atoms. The highest BCUT2D eigenvalue weighted by Gasteiger charge is 2.30. The zero-order valence-electron chi connectivity index (χ0n) is 15.4. The number of aliphatic hydroxyl groups is 1. The predicted molar refractivity (Wildman–Crippen MR) is 99.8 cm³/mol. The largest absolute Gasteiger partial charge is 0.506 e. The molecule has 6 nitrogen and oxygen atoms in total. The van der Waals surface area contributed by atoms with Crippen molar-refractivity contribution in [2.45, 2.75) is 25.1 Å². The van der Waals surface area contributed by atoms with E-state index in [1.807, 2.05) is 0 Å². The SMILES string of the molecule is O=C1COc2c(C(O)CNCCCc3ccc(C(F)(F)F)cc3)ccc(O)c2N1. The Labute approximate surface area is 165 Å². The first kappa shape index (κ1) is 20.9. The molecule has 1 amide bonds. The maximum atomic E-state index is 12.6. The number of aromatic hydroxyl groups is 1. The fraction of sp³-hybridized carbons (Fsp3) is 0.350. The fourth-order valence-corrected chi connectivity index (χ4v) is 3.07. The molecule has 0 aromatic heterocycles. The van der Waals surface area contributed by atoms with Crippen LogP contribution in [0.4, 0.5) is 18.9 Å². The van der Waals surface area contributed by atoms with Gasteiger partial charge in [-0.05, 0) is 49.2 Å². The number of aliphatic hydroxyl groups excluding tert-OH is 1. The van der Waals surface area contributed by atoms with Gasteiger partial charge in [0.2, 0.25) is 0 Å². The van der Waals surface area contributed by atoms with Crippen LogP contribution in [0, 0.1) is 0 Å². The number of fused-ring (bicyclic) bond motifs is 1. The minimum absolute atomic E-state index is 0.139. The first-order valence-corrected chi connectivity index (χ1v) is 9.09. The summed E-state index contributed by atoms with van der Waals surface area (Å²) in [6.45, 7) is 0.564. The summed E-state index contributed by atoms with van der Waals surface area (Å²) in [5.41, 5.74) is 0.711. The molecular weight excluding hydrogens is 389 g/mol. The Hall–Kier alpha value is -2.78. The number of alkyl halides is 3. The van der Waals surface area contributed by atoms with Crippen LogP contribution < -0.4 is 15.4 Å². The molecule has 3 rings (SSSR count). The van der Waals surface area contributed by atoms with E-state index in [9.17, 15) is 28.2 Å². The first-order valence-electron chi connectivity index (χ1n) is 9.09. The second kappa shape index (κ2) is 8.71. The quantitative estimate of drug-likeness (QED) is 0.416. The molecule has 1 heterocycles. The molecule has 0 radical (unpaired) electrons. The van der Waals surface area contributed by atoms with Gasteiger partial charge in [0.25, 0.3) is 5.91 Å². The summed E-state index contributed by atoms with van der Waals surface area (Å²) in [6, 6.07) is 7.97. The molecule has 1 unspecified atom stereocenters. The average Bonchev–Trinajstić information content (AvgIpc) is 2.68. The van der Waals surface area contributed by atoms with Gasteiger partial charge in [-0.15, -0.1) is 0 Å². The fourth-order valence-electron chi connectivity index (χ4n) is 3.07. The van der Waals surface area contributed by atoms with Crippen molar-refractivity contribution in [3.63, 3.8) is 0 Å². The number of phenols is 1. The van der Waals surface area contributed by atoms with Gasteiger partial charge in [-0.2, -0.15) is 13.2 Å². The van der Waals surface area contributed by atoms with Crippen LogP contribution in [0.3, 0.4) is 0 Å². The molecule has 156 valence electrons. The summed E-state index contributed by atoms with van der Waals surface area (Å²) in [7, 11) is 0. The number of hydrogen-bond donors (Lipinski definition) is 4. The van der Waals surface area contributed by atoms with Crippen molar-refractivity contribution in [3.05, 3.63) is 53.1 Å². The van der Waals surface area contributed by atoms with Crippen LogP contribution in [0.1, 0.15) is 29.2 Å². The minimum Gasteiger partial charge on any atom is -0.506 e. The second-order valence-electron chi connectivity index (χ2n) is 6.73. The maximum absolute atomic E-state index is 12.6. The van der Waals surface area contributed by atoms with Crippen LogP contribution in [0.2, 0.25) is 0 Å². The standard InChI is InChI=1S/C20H21F3N2O4/c21-20(22,23)13-5-3-12(4-6-13)2-1-9-24-10-16(27)14-7-8-15(26)18-19(14)29-11-17(28)25-18/h3-8,16,24,26-27H,1-2,9-11H2,(H,25,28). The number of amides is 1. The summed E-state index contributed by atoms with van der Waals surface area (Å²) in [6.07, 6.45) is -3.98. The monoisotopic (exact) mass is 410 g/mol. The molecular formula is C20H21F3N2O4. The van der Waals surface area contributed by atoms with E-state index in [0.29, 0.717) is 24.9 Å². The molecule has 0 fully saturated rings. The number of halogens is 3. The van der Waals surface area contributed by atoms with Crippen LogP contribution in [0.15, 0.2) is 36.4 Å². The molecule has 0 aliphatic carbocycles. The molecule has 0 saturated carbocycles. The lowest BCUT2D eigenvalue weighted by molar-refractivity contribution is -0.137. The third kappa shape index (κ3) is 5.18. The molecule has 1 aliphatic rings. The Bertz CT molecular complexity index is 869. The smallest absolute Gasteiger partial charge is 0.416 e. The Kier molecular flexibility index (Phi) is 6.29. The lowest BCUT2D eigenvalue weighted by atomic mass is 10.0. The number of nitrogens with one attached hydrogen (secondary N) is 2. The van der Waals surface area contributed by atoms with Crippen molar-refractivity contribution in [2.24, 2.45) is 0 Å². The van der Waals surface area contributed by atoms with Crippen LogP contribution in [-0.2, 0) is 17.4 Å². The van der Waals surface area contributed by atoms with Crippen molar-refractivity contribution in [1.82, 2.24) is 5.32 Å². The number of benzene rings is 2. The van der Waals surface area contributed by atoms with E-state index >= 15 is 0 Å². The van der Waals surface area contributed by atoms with E-state index in [1.165, 1.54) is 24.3 Å². The van der Waals surface area contributed by atoms with Gasteiger partial charge >= 0.3 is 6.18 Å². The van der Waals surface area contributed by atoms with Gasteiger partial charge < -0.3 is 25.6 Å². The Morgan fingerprint density at radius 1 is 1.17 bits per heavy atom. The third-order valence-electron chi connectivity index (χ3n) is 4.58. The van der Waals surface area contributed by atoms with Gasteiger partial charge in [0, 0.05) is 12.1 Å². The van der Waals surface area contributed by atoms with E-state index in [0.717, 1.165) is 17.7 Å².